The van der Waals surface area contributed by atoms with Crippen LogP contribution < -0.4 is 4.90 Å². The summed E-state index contributed by atoms with van der Waals surface area (Å²) in [6, 6.07) is 7.92. The van der Waals surface area contributed by atoms with Crippen molar-refractivity contribution >= 4 is 11.6 Å². The topological polar surface area (TPSA) is 32.8 Å². The maximum absolute atomic E-state index is 12.4. The highest BCUT2D eigenvalue weighted by molar-refractivity contribution is 5.94. The van der Waals surface area contributed by atoms with E-state index in [-0.39, 0.29) is 12.0 Å². The molecule has 1 aromatic rings. The normalized spacial score (nSPS) is 18.9. The predicted molar refractivity (Wildman–Crippen MR) is 81.3 cm³/mol. The number of nitrogens with zero attached hydrogens (tertiary/aromatic N) is 2. The summed E-state index contributed by atoms with van der Waals surface area (Å²) in [7, 11) is 0. The van der Waals surface area contributed by atoms with Crippen LogP contribution in [0.15, 0.2) is 24.3 Å². The molecule has 1 heterocycles. The lowest BCUT2D eigenvalue weighted by atomic mass is 10.1. The number of ether oxygens (including phenoxy) is 1. The molecular formula is C16H24N2O2. The molecule has 1 aliphatic heterocycles. The van der Waals surface area contributed by atoms with Crippen LogP contribution in [0.1, 0.15) is 31.1 Å². The van der Waals surface area contributed by atoms with E-state index >= 15 is 0 Å². The number of morpholine rings is 1. The minimum Gasteiger partial charge on any atom is -0.375 e. The van der Waals surface area contributed by atoms with E-state index in [4.69, 9.17) is 4.74 Å². The van der Waals surface area contributed by atoms with Gasteiger partial charge in [-0.25, -0.2) is 0 Å². The Kier molecular flexibility index (Phi) is 5.01. The Bertz CT molecular complexity index is 440. The van der Waals surface area contributed by atoms with Crippen molar-refractivity contribution in [3.05, 3.63) is 29.8 Å². The van der Waals surface area contributed by atoms with Gasteiger partial charge in [-0.05, 0) is 45.0 Å². The summed E-state index contributed by atoms with van der Waals surface area (Å²) in [5.74, 6) is 0.103. The van der Waals surface area contributed by atoms with Crippen LogP contribution in [0.3, 0.4) is 0 Å². The number of carbonyl (C=O) groups excluding carboxylic acids is 1. The number of benzene rings is 1. The fourth-order valence-corrected chi connectivity index (χ4v) is 2.59. The highest BCUT2D eigenvalue weighted by atomic mass is 16.5. The maximum atomic E-state index is 12.4. The Morgan fingerprint density at radius 3 is 2.50 bits per heavy atom. The summed E-state index contributed by atoms with van der Waals surface area (Å²) in [6.07, 6.45) is 0.127. The molecular weight excluding hydrogens is 252 g/mol. The van der Waals surface area contributed by atoms with Gasteiger partial charge in [-0.2, -0.15) is 0 Å². The second kappa shape index (κ2) is 6.75. The van der Waals surface area contributed by atoms with E-state index in [0.717, 1.165) is 18.7 Å². The second-order valence-corrected chi connectivity index (χ2v) is 5.15. The molecule has 20 heavy (non-hydrogen) atoms. The van der Waals surface area contributed by atoms with Gasteiger partial charge in [0.2, 0.25) is 0 Å². The van der Waals surface area contributed by atoms with Crippen molar-refractivity contribution < 1.29 is 9.53 Å². The fraction of sp³-hybridized carbons (Fsp3) is 0.562. The third kappa shape index (κ3) is 3.31. The highest BCUT2D eigenvalue weighted by Crippen LogP contribution is 2.17. The number of amides is 1. The minimum atomic E-state index is 0.103. The van der Waals surface area contributed by atoms with Gasteiger partial charge in [0.25, 0.3) is 5.91 Å². The molecule has 0 radical (unpaired) electrons. The molecule has 1 aromatic carbocycles. The molecule has 1 aliphatic rings. The number of hydrogen-bond acceptors (Lipinski definition) is 3. The standard InChI is InChI=1S/C16H24N2O2/c1-4-17(5-2)15-8-6-14(7-9-15)16(19)18-10-11-20-13(3)12-18/h6-9,13H,4-5,10-12H2,1-3H3. The summed E-state index contributed by atoms with van der Waals surface area (Å²) in [6.45, 7) is 10.2. The van der Waals surface area contributed by atoms with Gasteiger partial charge in [0.15, 0.2) is 0 Å². The average Bonchev–Trinajstić information content (AvgIpc) is 2.48. The van der Waals surface area contributed by atoms with Crippen LogP contribution in [-0.4, -0.2) is 49.7 Å². The first-order valence-electron chi connectivity index (χ1n) is 7.41. The number of hydrogen-bond donors (Lipinski definition) is 0. The van der Waals surface area contributed by atoms with E-state index in [1.165, 1.54) is 5.69 Å². The second-order valence-electron chi connectivity index (χ2n) is 5.15. The average molecular weight is 276 g/mol. The van der Waals surface area contributed by atoms with E-state index in [9.17, 15) is 4.79 Å². The molecule has 0 aliphatic carbocycles. The van der Waals surface area contributed by atoms with E-state index in [2.05, 4.69) is 18.7 Å². The molecule has 0 spiro atoms. The third-order valence-electron chi connectivity index (χ3n) is 3.77. The molecule has 0 aromatic heterocycles. The van der Waals surface area contributed by atoms with Gasteiger partial charge in [-0.3, -0.25) is 4.79 Å². The van der Waals surface area contributed by atoms with Crippen LogP contribution in [0, 0.1) is 0 Å². The molecule has 1 atom stereocenters. The zero-order valence-electron chi connectivity index (χ0n) is 12.6. The van der Waals surface area contributed by atoms with Gasteiger partial charge >= 0.3 is 0 Å². The summed E-state index contributed by atoms with van der Waals surface area (Å²) in [5.41, 5.74) is 1.93. The zero-order chi connectivity index (χ0) is 14.5. The molecule has 110 valence electrons. The molecule has 4 nitrogen and oxygen atoms in total. The van der Waals surface area contributed by atoms with Crippen LogP contribution in [0.5, 0.6) is 0 Å². The minimum absolute atomic E-state index is 0.103. The van der Waals surface area contributed by atoms with Gasteiger partial charge < -0.3 is 14.5 Å². The van der Waals surface area contributed by atoms with E-state index < -0.39 is 0 Å². The zero-order valence-corrected chi connectivity index (χ0v) is 12.6. The van der Waals surface area contributed by atoms with Gasteiger partial charge in [-0.15, -0.1) is 0 Å². The Balaban J connectivity index is 2.07. The maximum Gasteiger partial charge on any atom is 0.254 e. The summed E-state index contributed by atoms with van der Waals surface area (Å²) in [4.78, 5) is 16.6. The monoisotopic (exact) mass is 276 g/mol. The first-order valence-corrected chi connectivity index (χ1v) is 7.41. The summed E-state index contributed by atoms with van der Waals surface area (Å²) >= 11 is 0. The Morgan fingerprint density at radius 2 is 1.95 bits per heavy atom. The van der Waals surface area contributed by atoms with Crippen molar-refractivity contribution in [2.75, 3.05) is 37.7 Å². The molecule has 1 fully saturated rings. The number of rotatable bonds is 4. The van der Waals surface area contributed by atoms with Crippen LogP contribution in [0.2, 0.25) is 0 Å². The van der Waals surface area contributed by atoms with Crippen LogP contribution >= 0.6 is 0 Å². The Labute approximate surface area is 121 Å². The van der Waals surface area contributed by atoms with E-state index in [0.29, 0.717) is 19.7 Å². The molecule has 1 saturated heterocycles. The fourth-order valence-electron chi connectivity index (χ4n) is 2.59. The SMILES string of the molecule is CCN(CC)c1ccc(C(=O)N2CCOC(C)C2)cc1. The number of carbonyl (C=O) groups is 1. The molecule has 1 unspecified atom stereocenters. The van der Waals surface area contributed by atoms with Gasteiger partial charge in [0, 0.05) is 37.4 Å². The van der Waals surface area contributed by atoms with Gasteiger partial charge in [0.05, 0.1) is 12.7 Å². The van der Waals surface area contributed by atoms with E-state index in [1.54, 1.807) is 0 Å². The van der Waals surface area contributed by atoms with Crippen LogP contribution in [-0.2, 0) is 4.74 Å². The predicted octanol–water partition coefficient (Wildman–Crippen LogP) is 2.39. The highest BCUT2D eigenvalue weighted by Gasteiger charge is 2.22. The van der Waals surface area contributed by atoms with Crippen molar-refractivity contribution in [1.29, 1.82) is 0 Å². The Morgan fingerprint density at radius 1 is 1.30 bits per heavy atom. The first kappa shape index (κ1) is 14.9. The summed E-state index contributed by atoms with van der Waals surface area (Å²) in [5, 5.41) is 0. The molecule has 0 bridgehead atoms. The van der Waals surface area contributed by atoms with Gasteiger partial charge in [-0.1, -0.05) is 0 Å². The smallest absolute Gasteiger partial charge is 0.254 e. The summed E-state index contributed by atoms with van der Waals surface area (Å²) < 4.78 is 5.47. The molecule has 4 heteroatoms. The van der Waals surface area contributed by atoms with Crippen LogP contribution in [0.4, 0.5) is 5.69 Å². The molecule has 0 N–H and O–H groups in total. The molecule has 0 saturated carbocycles. The quantitative estimate of drug-likeness (QED) is 0.846. The van der Waals surface area contributed by atoms with E-state index in [1.807, 2.05) is 36.1 Å². The van der Waals surface area contributed by atoms with Crippen molar-refractivity contribution in [2.45, 2.75) is 26.9 Å². The van der Waals surface area contributed by atoms with Crippen molar-refractivity contribution in [1.82, 2.24) is 4.90 Å². The Hall–Kier alpha value is -1.55. The lowest BCUT2D eigenvalue weighted by Crippen LogP contribution is -2.44. The first-order chi connectivity index (χ1) is 9.65. The third-order valence-corrected chi connectivity index (χ3v) is 3.77. The molecule has 1 amide bonds. The number of anilines is 1. The van der Waals surface area contributed by atoms with Crippen molar-refractivity contribution in [3.8, 4) is 0 Å². The van der Waals surface area contributed by atoms with Crippen LogP contribution in [0.25, 0.3) is 0 Å². The van der Waals surface area contributed by atoms with Crippen molar-refractivity contribution in [2.24, 2.45) is 0 Å². The van der Waals surface area contributed by atoms with Gasteiger partial charge in [0.1, 0.15) is 0 Å². The largest absolute Gasteiger partial charge is 0.375 e. The lowest BCUT2D eigenvalue weighted by Gasteiger charge is -2.31. The van der Waals surface area contributed by atoms with Crippen molar-refractivity contribution in [3.63, 3.8) is 0 Å². The molecule has 2 rings (SSSR count). The lowest BCUT2D eigenvalue weighted by molar-refractivity contribution is -0.0124.